The van der Waals surface area contributed by atoms with Crippen LogP contribution in [0.1, 0.15) is 181 Å². The van der Waals surface area contributed by atoms with Gasteiger partial charge in [-0.05, 0) is 119 Å². The molecule has 1 spiro atoms. The first-order valence-electron chi connectivity index (χ1n) is 37.0. The molecule has 0 bridgehead atoms. The van der Waals surface area contributed by atoms with Crippen molar-refractivity contribution in [2.24, 2.45) is 35.5 Å². The third kappa shape index (κ3) is 19.1. The van der Waals surface area contributed by atoms with E-state index in [2.05, 4.69) is 16.0 Å². The third-order valence-electron chi connectivity index (χ3n) is 23.7. The minimum Gasteiger partial charge on any atom is -0.378 e. The number of carbonyl (C=O) groups excluding carboxylic acids is 12. The number of morpholine rings is 1. The van der Waals surface area contributed by atoms with E-state index < -0.39 is 174 Å². The molecule has 3 heterocycles. The predicted octanol–water partition coefficient (Wildman–Crippen LogP) is 4.69. The molecule has 5 saturated carbocycles. The van der Waals surface area contributed by atoms with Gasteiger partial charge >= 0.3 is 6.18 Å². The second-order valence-electron chi connectivity index (χ2n) is 30.4. The van der Waals surface area contributed by atoms with Gasteiger partial charge in [-0.15, -0.1) is 11.6 Å². The number of nitrogens with zero attached hydrogens (tertiary/aromatic N) is 9. The number of halogens is 4. The number of alkyl halides is 4. The minimum atomic E-state index is -4.51. The van der Waals surface area contributed by atoms with E-state index in [0.29, 0.717) is 51.4 Å². The van der Waals surface area contributed by atoms with E-state index in [9.17, 15) is 41.9 Å². The van der Waals surface area contributed by atoms with Crippen LogP contribution in [0.5, 0.6) is 0 Å². The predicted molar refractivity (Wildman–Crippen MR) is 365 cm³/mol. The van der Waals surface area contributed by atoms with Gasteiger partial charge in [-0.2, -0.15) is 13.2 Å². The summed E-state index contributed by atoms with van der Waals surface area (Å²) in [5, 5.41) is 7.65. The van der Waals surface area contributed by atoms with Crippen molar-refractivity contribution in [3.63, 3.8) is 0 Å². The lowest BCUT2D eigenvalue weighted by Gasteiger charge is -2.44. The zero-order chi connectivity index (χ0) is 73.1. The quantitative estimate of drug-likeness (QED) is 0.251. The zero-order valence-electron chi connectivity index (χ0n) is 60.5. The Morgan fingerprint density at radius 2 is 1.20 bits per heavy atom. The SMILES string of the molecule is CC[C@H](C)[C@@H]1NC(=O)[C@H](C2CCC2)N(C)C(=O)C[C@@H](C(=O)N2CCOCC2)N(C)C(=O)[C@H](C2CCCCC2)N(C)C(=O)C2(CCCC2)NC(=O)[C@@H]2CCCN2C(=O)[C@H](CCC2CCC(C(F)(F)F)C(Cl)C2)NC(=O)CN(C)C(=O)[C@H](CC2CCCC2)N(C)C(=O)CN(C)C(=O)CN(C)C1=O. The van der Waals surface area contributed by atoms with Crippen LogP contribution in [0.25, 0.3) is 0 Å². The van der Waals surface area contributed by atoms with Gasteiger partial charge in [0, 0.05) is 74.3 Å². The molecule has 8 rings (SSSR count). The molecule has 29 heteroatoms. The number of fused-ring (bicyclic) bond motifs is 1. The Morgan fingerprint density at radius 3 is 1.81 bits per heavy atom. The van der Waals surface area contributed by atoms with Crippen LogP contribution in [0.2, 0.25) is 0 Å². The normalized spacial score (nSPS) is 30.8. The molecule has 3 N–H and O–H groups in total. The van der Waals surface area contributed by atoms with E-state index in [4.69, 9.17) is 16.3 Å². The highest BCUT2D eigenvalue weighted by Gasteiger charge is 2.53. The third-order valence-corrected chi connectivity index (χ3v) is 24.2. The van der Waals surface area contributed by atoms with Crippen LogP contribution >= 0.6 is 11.6 Å². The van der Waals surface area contributed by atoms with Crippen LogP contribution in [0, 0.1) is 35.5 Å². The van der Waals surface area contributed by atoms with Gasteiger partial charge in [0.05, 0.1) is 45.2 Å². The Morgan fingerprint density at radius 1 is 0.590 bits per heavy atom. The molecule has 3 unspecified atom stereocenters. The Labute approximate surface area is 593 Å². The van der Waals surface area contributed by atoms with E-state index in [0.717, 1.165) is 61.2 Å². The highest BCUT2D eigenvalue weighted by atomic mass is 35.5. The van der Waals surface area contributed by atoms with Crippen molar-refractivity contribution >= 4 is 82.5 Å². The van der Waals surface area contributed by atoms with Crippen LogP contribution in [-0.2, 0) is 62.3 Å². The summed E-state index contributed by atoms with van der Waals surface area (Å²) in [7, 11) is 10.1. The average Bonchev–Trinajstić information content (AvgIpc) is 1.46. The molecule has 5 aliphatic carbocycles. The van der Waals surface area contributed by atoms with Crippen LogP contribution in [0.4, 0.5) is 13.2 Å². The molecule has 8 aliphatic rings. The van der Waals surface area contributed by atoms with Crippen molar-refractivity contribution in [3.05, 3.63) is 0 Å². The fourth-order valence-electron chi connectivity index (χ4n) is 16.9. The van der Waals surface area contributed by atoms with Gasteiger partial charge in [-0.1, -0.05) is 84.5 Å². The molecule has 100 heavy (non-hydrogen) atoms. The molecule has 25 nitrogen and oxygen atoms in total. The van der Waals surface area contributed by atoms with Crippen molar-refractivity contribution < 1.29 is 75.4 Å². The van der Waals surface area contributed by atoms with Crippen molar-refractivity contribution in [3.8, 4) is 0 Å². The summed E-state index contributed by atoms with van der Waals surface area (Å²) in [4.78, 5) is 191. The molecule has 11 atom stereocenters. The van der Waals surface area contributed by atoms with Crippen LogP contribution < -0.4 is 16.0 Å². The molecule has 562 valence electrons. The Hall–Kier alpha value is -6.32. The van der Waals surface area contributed by atoms with Gasteiger partial charge in [0.2, 0.25) is 70.9 Å². The molecule has 0 aromatic carbocycles. The fourth-order valence-corrected chi connectivity index (χ4v) is 17.4. The minimum absolute atomic E-state index is 0.000747. The Bertz CT molecular complexity index is 2940. The fraction of sp³-hybridized carbons (Fsp3) is 0.831. The number of likely N-dealkylation sites (N-methyl/N-ethyl adjacent to an activating group) is 7. The van der Waals surface area contributed by atoms with E-state index in [1.807, 2.05) is 6.92 Å². The van der Waals surface area contributed by atoms with E-state index >= 15 is 28.8 Å². The number of rotatable bonds is 10. The topological polar surface area (TPSA) is 279 Å². The highest BCUT2D eigenvalue weighted by molar-refractivity contribution is 6.21. The van der Waals surface area contributed by atoms with E-state index in [1.165, 1.54) is 83.6 Å². The summed E-state index contributed by atoms with van der Waals surface area (Å²) in [6.07, 6.45) is 6.38. The molecule has 3 aliphatic heterocycles. The first-order chi connectivity index (χ1) is 47.4. The second kappa shape index (κ2) is 35.2. The lowest BCUT2D eigenvalue weighted by Crippen LogP contribution is -2.65. The van der Waals surface area contributed by atoms with Crippen LogP contribution in [-0.4, -0.2) is 276 Å². The van der Waals surface area contributed by atoms with Crippen molar-refractivity contribution in [1.29, 1.82) is 0 Å². The van der Waals surface area contributed by atoms with Crippen molar-refractivity contribution in [1.82, 2.24) is 60.0 Å². The molecule has 3 saturated heterocycles. The maximum atomic E-state index is 15.8. The Kier molecular flexibility index (Phi) is 28.0. The molecule has 12 amide bonds. The smallest absolute Gasteiger partial charge is 0.378 e. The Balaban J connectivity index is 1.15. The zero-order valence-corrected chi connectivity index (χ0v) is 61.2. The summed E-state index contributed by atoms with van der Waals surface area (Å²) in [6, 6.07) is -8.50. The van der Waals surface area contributed by atoms with Gasteiger partial charge in [0.1, 0.15) is 47.8 Å². The van der Waals surface area contributed by atoms with Gasteiger partial charge < -0.3 is 64.8 Å². The molecule has 0 aromatic heterocycles. The standard InChI is InChI=1S/C71H112ClF3N12O13/c1-10-44(2)59-67(97)81(5)42-57(90)79(3)43-58(91)82(6)53(39-45-20-14-15-21-45)65(95)80(4)41-55(88)76-51(30-28-46-27-29-49(50(72)38-46)71(73,74)75)64(94)87-33-19-26-52(87)62(92)78-70(31-16-17-32-70)69(99)85(9)61(48-22-12-11-13-23-48)68(98)83(7)54(66(96)86-34-36-100-37-35-86)40-56(89)84(8)60(63(93)77-59)47-24-18-25-47/h44-54,59-61H,10-43H2,1-9H3,(H,76,88)(H,77,93)(H,78,92)/t44-,46?,49?,50?,51-,52-,53-,54-,59-,60-,61-/m0/s1. The van der Waals surface area contributed by atoms with Gasteiger partial charge in [0.15, 0.2) is 0 Å². The maximum Gasteiger partial charge on any atom is 0.393 e. The molecular weight excluding hydrogens is 1320 g/mol. The summed E-state index contributed by atoms with van der Waals surface area (Å²) in [5.74, 6) is -10.7. The molecule has 0 radical (unpaired) electrons. The lowest BCUT2D eigenvalue weighted by atomic mass is 9.78. The van der Waals surface area contributed by atoms with Crippen molar-refractivity contribution in [2.45, 2.75) is 240 Å². The highest BCUT2D eigenvalue weighted by Crippen LogP contribution is 2.44. The van der Waals surface area contributed by atoms with E-state index in [-0.39, 0.29) is 108 Å². The number of hydrogen-bond donors (Lipinski definition) is 3. The number of hydrogen-bond acceptors (Lipinski definition) is 13. The number of ether oxygens (including phenoxy) is 1. The number of amides is 12. The van der Waals surface area contributed by atoms with Crippen LogP contribution in [0.3, 0.4) is 0 Å². The lowest BCUT2D eigenvalue weighted by molar-refractivity contribution is -0.182. The average molecular weight is 1430 g/mol. The summed E-state index contributed by atoms with van der Waals surface area (Å²) in [6.45, 7) is 2.82. The largest absolute Gasteiger partial charge is 0.393 e. The first-order valence-corrected chi connectivity index (χ1v) is 37.4. The monoisotopic (exact) mass is 1430 g/mol. The summed E-state index contributed by atoms with van der Waals surface area (Å²) in [5.41, 5.74) is -1.56. The number of carbonyl (C=O) groups is 12. The second-order valence-corrected chi connectivity index (χ2v) is 31.0. The summed E-state index contributed by atoms with van der Waals surface area (Å²) < 4.78 is 47.6. The van der Waals surface area contributed by atoms with Gasteiger partial charge in [-0.3, -0.25) is 57.5 Å². The first kappa shape index (κ1) is 79.4. The molecule has 8 fully saturated rings. The van der Waals surface area contributed by atoms with Gasteiger partial charge in [0.25, 0.3) is 0 Å². The summed E-state index contributed by atoms with van der Waals surface area (Å²) >= 11 is 6.40. The molecular formula is C71H112ClF3N12O13. The maximum absolute atomic E-state index is 15.8. The molecule has 0 aromatic rings. The van der Waals surface area contributed by atoms with Gasteiger partial charge in [-0.25, -0.2) is 0 Å². The number of nitrogens with one attached hydrogen (secondary N) is 3. The van der Waals surface area contributed by atoms with Crippen LogP contribution in [0.15, 0.2) is 0 Å². The van der Waals surface area contributed by atoms with E-state index in [1.54, 1.807) is 6.92 Å². The van der Waals surface area contributed by atoms with Crippen molar-refractivity contribution in [2.75, 3.05) is 102 Å².